The summed E-state index contributed by atoms with van der Waals surface area (Å²) < 4.78 is 51.9. The smallest absolute Gasteiger partial charge is 0.407 e. The fourth-order valence-electron chi connectivity index (χ4n) is 2.87. The molecule has 0 aromatic rings. The zero-order valence-corrected chi connectivity index (χ0v) is 18.8. The summed E-state index contributed by atoms with van der Waals surface area (Å²) in [5.41, 5.74) is -0.484. The molecule has 0 spiro atoms. The Labute approximate surface area is 174 Å². The monoisotopic (exact) mass is 439 g/mol. The summed E-state index contributed by atoms with van der Waals surface area (Å²) in [6.45, 7) is 9.05. The van der Waals surface area contributed by atoms with Crippen LogP contribution in [0.25, 0.3) is 0 Å². The molecule has 0 aliphatic heterocycles. The molecule has 1 atom stereocenters. The van der Waals surface area contributed by atoms with Gasteiger partial charge in [-0.05, 0) is 59.3 Å². The Bertz CT molecular complexity index is 567. The van der Waals surface area contributed by atoms with E-state index in [9.17, 15) is 13.2 Å². The predicted octanol–water partition coefficient (Wildman–Crippen LogP) is 2.40. The molecule has 1 aliphatic carbocycles. The van der Waals surface area contributed by atoms with Crippen molar-refractivity contribution in [2.24, 2.45) is 5.92 Å². The second kappa shape index (κ2) is 12.7. The minimum Gasteiger partial charge on any atom is -0.444 e. The summed E-state index contributed by atoms with van der Waals surface area (Å²) in [5.74, 6) is 0.483. The van der Waals surface area contributed by atoms with Crippen LogP contribution >= 0.6 is 0 Å². The highest BCUT2D eigenvalue weighted by Gasteiger charge is 2.24. The van der Waals surface area contributed by atoms with E-state index in [1.807, 2.05) is 20.8 Å². The molecule has 1 aliphatic rings. The van der Waals surface area contributed by atoms with Crippen LogP contribution in [0.1, 0.15) is 53.4 Å². The summed E-state index contributed by atoms with van der Waals surface area (Å²) in [6.07, 6.45) is 3.49. The molecule has 2 N–H and O–H groups in total. The highest BCUT2D eigenvalue weighted by molar-refractivity contribution is 7.86. The summed E-state index contributed by atoms with van der Waals surface area (Å²) in [5, 5.41) is 1.99. The van der Waals surface area contributed by atoms with Crippen molar-refractivity contribution in [2.75, 3.05) is 39.6 Å². The minimum absolute atomic E-state index is 0.0653. The van der Waals surface area contributed by atoms with Gasteiger partial charge in [-0.25, -0.2) is 4.79 Å². The number of amides is 1. The molecule has 1 amide bonds. The molecule has 1 fully saturated rings. The van der Waals surface area contributed by atoms with E-state index < -0.39 is 21.0 Å². The summed E-state index contributed by atoms with van der Waals surface area (Å²) >= 11 is 0. The number of carbonyl (C=O) groups excluding carboxylic acids is 1. The van der Waals surface area contributed by atoms with Crippen molar-refractivity contribution in [1.29, 1.82) is 0 Å². The van der Waals surface area contributed by atoms with Gasteiger partial charge < -0.3 is 24.3 Å². The Morgan fingerprint density at radius 2 is 1.59 bits per heavy atom. The molecule has 10 heteroatoms. The van der Waals surface area contributed by atoms with Gasteiger partial charge in [-0.3, -0.25) is 4.55 Å². The summed E-state index contributed by atoms with van der Waals surface area (Å²) in [6, 6.07) is 0.160. The molecule has 29 heavy (non-hydrogen) atoms. The maximum Gasteiger partial charge on any atom is 0.407 e. The number of hydrogen-bond donors (Lipinski definition) is 2. The third kappa shape index (κ3) is 13.1. The largest absolute Gasteiger partial charge is 0.444 e. The highest BCUT2D eigenvalue weighted by atomic mass is 32.2. The molecule has 1 unspecified atom stereocenters. The van der Waals surface area contributed by atoms with Crippen LogP contribution in [0.5, 0.6) is 0 Å². The van der Waals surface area contributed by atoms with E-state index >= 15 is 0 Å². The van der Waals surface area contributed by atoms with Crippen LogP contribution in [0.4, 0.5) is 4.79 Å². The molecule has 0 radical (unpaired) electrons. The maximum absolute atomic E-state index is 11.8. The third-order valence-corrected chi connectivity index (χ3v) is 5.68. The lowest BCUT2D eigenvalue weighted by atomic mass is 9.86. The van der Waals surface area contributed by atoms with Gasteiger partial charge in [0.1, 0.15) is 10.9 Å². The first-order valence-electron chi connectivity index (χ1n) is 10.2. The predicted molar refractivity (Wildman–Crippen MR) is 109 cm³/mol. The molecule has 0 aromatic carbocycles. The first kappa shape index (κ1) is 26.1. The van der Waals surface area contributed by atoms with Crippen LogP contribution < -0.4 is 5.32 Å². The number of rotatable bonds is 12. The van der Waals surface area contributed by atoms with E-state index in [1.54, 1.807) is 0 Å². The molecule has 172 valence electrons. The number of nitrogens with one attached hydrogen (secondary N) is 1. The molecule has 9 nitrogen and oxygen atoms in total. The van der Waals surface area contributed by atoms with Gasteiger partial charge in [-0.1, -0.05) is 0 Å². The highest BCUT2D eigenvalue weighted by Crippen LogP contribution is 2.24. The van der Waals surface area contributed by atoms with Gasteiger partial charge in [-0.15, -0.1) is 0 Å². The van der Waals surface area contributed by atoms with Crippen LogP contribution in [0.2, 0.25) is 0 Å². The summed E-state index contributed by atoms with van der Waals surface area (Å²) in [4.78, 5) is 11.8. The summed E-state index contributed by atoms with van der Waals surface area (Å²) in [7, 11) is -4.05. The van der Waals surface area contributed by atoms with Crippen LogP contribution in [0, 0.1) is 5.92 Å². The number of hydrogen-bond acceptors (Lipinski definition) is 7. The van der Waals surface area contributed by atoms with E-state index in [2.05, 4.69) is 5.32 Å². The van der Waals surface area contributed by atoms with Gasteiger partial charge in [0.2, 0.25) is 0 Å². The average molecular weight is 440 g/mol. The Morgan fingerprint density at radius 1 is 1.03 bits per heavy atom. The second-order valence-electron chi connectivity index (χ2n) is 8.45. The zero-order valence-electron chi connectivity index (χ0n) is 18.0. The van der Waals surface area contributed by atoms with Crippen molar-refractivity contribution >= 4 is 16.2 Å². The van der Waals surface area contributed by atoms with Crippen molar-refractivity contribution in [3.05, 3.63) is 0 Å². The lowest BCUT2D eigenvalue weighted by Gasteiger charge is -2.30. The Kier molecular flexibility index (Phi) is 11.4. The van der Waals surface area contributed by atoms with Gasteiger partial charge in [0.15, 0.2) is 0 Å². The number of ether oxygens (including phenoxy) is 4. The third-order valence-electron chi connectivity index (χ3n) is 4.53. The number of carbonyl (C=O) groups is 1. The second-order valence-corrected chi connectivity index (χ2v) is 10.3. The van der Waals surface area contributed by atoms with Crippen molar-refractivity contribution < 1.29 is 36.7 Å². The molecular formula is C19H37NO8S. The van der Waals surface area contributed by atoms with Crippen molar-refractivity contribution in [2.45, 2.75) is 70.3 Å². The first-order chi connectivity index (χ1) is 13.5. The van der Waals surface area contributed by atoms with Gasteiger partial charge >= 0.3 is 6.09 Å². The van der Waals surface area contributed by atoms with Crippen LogP contribution in [0.3, 0.4) is 0 Å². The molecule has 0 bridgehead atoms. The van der Waals surface area contributed by atoms with Crippen molar-refractivity contribution in [3.63, 3.8) is 0 Å². The Morgan fingerprint density at radius 3 is 2.14 bits per heavy atom. The normalized spacial score (nSPS) is 21.6. The van der Waals surface area contributed by atoms with Gasteiger partial charge in [0, 0.05) is 12.6 Å². The van der Waals surface area contributed by atoms with E-state index in [4.69, 9.17) is 23.5 Å². The lowest BCUT2D eigenvalue weighted by molar-refractivity contribution is 0.00356. The van der Waals surface area contributed by atoms with E-state index in [-0.39, 0.29) is 25.3 Å². The Hall–Kier alpha value is -0.940. The van der Waals surface area contributed by atoms with Crippen molar-refractivity contribution in [1.82, 2.24) is 5.32 Å². The maximum atomic E-state index is 11.8. The zero-order chi connectivity index (χ0) is 21.9. The van der Waals surface area contributed by atoms with E-state index in [0.29, 0.717) is 32.3 Å². The minimum atomic E-state index is -4.05. The van der Waals surface area contributed by atoms with E-state index in [0.717, 1.165) is 25.7 Å². The first-order valence-corrected chi connectivity index (χ1v) is 11.7. The van der Waals surface area contributed by atoms with Gasteiger partial charge in [0.05, 0.1) is 33.0 Å². The van der Waals surface area contributed by atoms with Gasteiger partial charge in [0.25, 0.3) is 10.1 Å². The van der Waals surface area contributed by atoms with Crippen LogP contribution in [0.15, 0.2) is 0 Å². The lowest BCUT2D eigenvalue weighted by Crippen LogP contribution is -2.41. The molecule has 1 saturated carbocycles. The molecule has 1 rings (SSSR count). The van der Waals surface area contributed by atoms with Crippen molar-refractivity contribution in [3.8, 4) is 0 Å². The van der Waals surface area contributed by atoms with Crippen LogP contribution in [-0.2, 0) is 29.1 Å². The molecule has 0 heterocycles. The number of alkyl carbamates (subject to hydrolysis) is 1. The average Bonchev–Trinajstić information content (AvgIpc) is 2.59. The van der Waals surface area contributed by atoms with Crippen LogP contribution in [-0.4, -0.2) is 75.6 Å². The standard InChI is InChI=1S/C19H37NO8S/c1-15(29(22,23)24)13-26-11-9-25-10-12-27-14-16-5-7-17(8-6-16)20-18(21)28-19(2,3)4/h15-17H,5-14H2,1-4H3,(H,20,21)(H,22,23,24). The molecular weight excluding hydrogens is 402 g/mol. The topological polar surface area (TPSA) is 120 Å². The SMILES string of the molecule is CC(COCCOCCOCC1CCC(NC(=O)OC(C)(C)C)CC1)S(=O)(=O)O. The fraction of sp³-hybridized carbons (Fsp3) is 0.947. The quantitative estimate of drug-likeness (QED) is 0.351. The molecule has 0 saturated heterocycles. The fourth-order valence-corrected chi connectivity index (χ4v) is 3.14. The van der Waals surface area contributed by atoms with Gasteiger partial charge in [-0.2, -0.15) is 8.42 Å². The Balaban J connectivity index is 1.97. The van der Waals surface area contributed by atoms with E-state index in [1.165, 1.54) is 6.92 Å². The molecule has 0 aromatic heterocycles.